The van der Waals surface area contributed by atoms with E-state index in [4.69, 9.17) is 0 Å². The van der Waals surface area contributed by atoms with Crippen LogP contribution in [-0.4, -0.2) is 19.1 Å². The van der Waals surface area contributed by atoms with Crippen LogP contribution in [-0.2, 0) is 13.6 Å². The molecule has 0 unspecified atom stereocenters. The van der Waals surface area contributed by atoms with Crippen molar-refractivity contribution in [1.82, 2.24) is 19.1 Å². The van der Waals surface area contributed by atoms with E-state index in [0.717, 1.165) is 5.82 Å². The molecule has 2 rings (SSSR count). The molecule has 0 radical (unpaired) electrons. The topological polar surface area (TPSA) is 64.7 Å². The second kappa shape index (κ2) is 5.03. The van der Waals surface area contributed by atoms with Gasteiger partial charge in [-0.1, -0.05) is 0 Å². The summed E-state index contributed by atoms with van der Waals surface area (Å²) in [5.41, 5.74) is -0.110. The lowest BCUT2D eigenvalue weighted by atomic mass is 10.4. The number of hydrogen-bond donors (Lipinski definition) is 1. The maximum atomic E-state index is 12.1. The van der Waals surface area contributed by atoms with E-state index in [0.29, 0.717) is 12.4 Å². The fourth-order valence-electron chi connectivity index (χ4n) is 1.68. The standard InChI is InChI=1S/C12H17N5O/c1-9(2)17-7-5-14-11(12(17)18)15-8-10-13-4-6-16(10)3/h4-7,9H,8H2,1-3H3,(H,14,15). The number of nitrogens with zero attached hydrogens (tertiary/aromatic N) is 4. The summed E-state index contributed by atoms with van der Waals surface area (Å²) in [4.78, 5) is 20.3. The molecule has 2 heterocycles. The van der Waals surface area contributed by atoms with Crippen LogP contribution in [0.15, 0.2) is 29.6 Å². The van der Waals surface area contributed by atoms with E-state index >= 15 is 0 Å². The Morgan fingerprint density at radius 2 is 2.00 bits per heavy atom. The summed E-state index contributed by atoms with van der Waals surface area (Å²) in [6.07, 6.45) is 6.91. The van der Waals surface area contributed by atoms with Crippen molar-refractivity contribution in [3.8, 4) is 0 Å². The minimum Gasteiger partial charge on any atom is -0.358 e. The Bertz CT molecular complexity index is 584. The van der Waals surface area contributed by atoms with E-state index in [1.165, 1.54) is 0 Å². The average Bonchev–Trinajstić information content (AvgIpc) is 2.73. The van der Waals surface area contributed by atoms with Crippen molar-refractivity contribution in [1.29, 1.82) is 0 Å². The third kappa shape index (κ3) is 2.42. The van der Waals surface area contributed by atoms with Crippen LogP contribution in [0.3, 0.4) is 0 Å². The number of aromatic nitrogens is 4. The van der Waals surface area contributed by atoms with Gasteiger partial charge in [-0.2, -0.15) is 0 Å². The van der Waals surface area contributed by atoms with Gasteiger partial charge in [0.25, 0.3) is 5.56 Å². The molecule has 18 heavy (non-hydrogen) atoms. The van der Waals surface area contributed by atoms with Crippen LogP contribution in [0.2, 0.25) is 0 Å². The number of nitrogens with one attached hydrogen (secondary N) is 1. The quantitative estimate of drug-likeness (QED) is 0.880. The van der Waals surface area contributed by atoms with Gasteiger partial charge in [0.2, 0.25) is 0 Å². The van der Waals surface area contributed by atoms with Crippen LogP contribution in [0.4, 0.5) is 5.82 Å². The SMILES string of the molecule is CC(C)n1ccnc(NCc2nccn2C)c1=O. The predicted octanol–water partition coefficient (Wildman–Crippen LogP) is 1.17. The summed E-state index contributed by atoms with van der Waals surface area (Å²) in [6.45, 7) is 4.40. The van der Waals surface area contributed by atoms with Crippen molar-refractivity contribution >= 4 is 5.82 Å². The molecule has 0 amide bonds. The van der Waals surface area contributed by atoms with E-state index in [9.17, 15) is 4.79 Å². The first kappa shape index (κ1) is 12.3. The molecule has 0 aliphatic carbocycles. The van der Waals surface area contributed by atoms with Crippen molar-refractivity contribution < 1.29 is 0 Å². The van der Waals surface area contributed by atoms with E-state index in [2.05, 4.69) is 15.3 Å². The highest BCUT2D eigenvalue weighted by Gasteiger charge is 2.07. The Morgan fingerprint density at radius 3 is 2.61 bits per heavy atom. The number of imidazole rings is 1. The highest BCUT2D eigenvalue weighted by atomic mass is 16.1. The molecule has 6 nitrogen and oxygen atoms in total. The van der Waals surface area contributed by atoms with E-state index in [1.807, 2.05) is 31.7 Å². The zero-order valence-corrected chi connectivity index (χ0v) is 10.8. The maximum Gasteiger partial charge on any atom is 0.293 e. The van der Waals surface area contributed by atoms with Crippen molar-refractivity contribution in [2.75, 3.05) is 5.32 Å². The van der Waals surface area contributed by atoms with Gasteiger partial charge in [-0.3, -0.25) is 4.79 Å². The summed E-state index contributed by atoms with van der Waals surface area (Å²) in [6, 6.07) is 0.120. The first-order valence-corrected chi connectivity index (χ1v) is 5.87. The minimum absolute atomic E-state index is 0.110. The molecule has 0 spiro atoms. The fourth-order valence-corrected chi connectivity index (χ4v) is 1.68. The smallest absolute Gasteiger partial charge is 0.293 e. The third-order valence-electron chi connectivity index (χ3n) is 2.76. The van der Waals surface area contributed by atoms with E-state index in [-0.39, 0.29) is 11.6 Å². The zero-order chi connectivity index (χ0) is 13.1. The van der Waals surface area contributed by atoms with Crippen LogP contribution < -0.4 is 10.9 Å². The van der Waals surface area contributed by atoms with Crippen molar-refractivity contribution in [2.45, 2.75) is 26.4 Å². The van der Waals surface area contributed by atoms with Gasteiger partial charge in [0, 0.05) is 37.9 Å². The molecule has 0 saturated carbocycles. The maximum absolute atomic E-state index is 12.1. The minimum atomic E-state index is -0.110. The molecular formula is C12H17N5O. The third-order valence-corrected chi connectivity index (χ3v) is 2.76. The first-order chi connectivity index (χ1) is 8.59. The Hall–Kier alpha value is -2.11. The van der Waals surface area contributed by atoms with Gasteiger partial charge in [-0.05, 0) is 13.8 Å². The summed E-state index contributed by atoms with van der Waals surface area (Å²) < 4.78 is 3.55. The highest BCUT2D eigenvalue weighted by Crippen LogP contribution is 2.03. The molecular weight excluding hydrogens is 230 g/mol. The van der Waals surface area contributed by atoms with Gasteiger partial charge in [-0.15, -0.1) is 0 Å². The van der Waals surface area contributed by atoms with Gasteiger partial charge in [0.15, 0.2) is 5.82 Å². The van der Waals surface area contributed by atoms with Crippen LogP contribution in [0, 0.1) is 0 Å². The van der Waals surface area contributed by atoms with Gasteiger partial charge in [0.05, 0.1) is 6.54 Å². The summed E-state index contributed by atoms with van der Waals surface area (Å²) in [5, 5.41) is 3.02. The van der Waals surface area contributed by atoms with Crippen LogP contribution in [0.5, 0.6) is 0 Å². The molecule has 2 aromatic heterocycles. The summed E-state index contributed by atoms with van der Waals surface area (Å²) in [7, 11) is 1.91. The molecule has 6 heteroatoms. The number of rotatable bonds is 4. The van der Waals surface area contributed by atoms with Crippen LogP contribution in [0.25, 0.3) is 0 Å². The van der Waals surface area contributed by atoms with Crippen molar-refractivity contribution in [3.05, 3.63) is 41.0 Å². The lowest BCUT2D eigenvalue weighted by Crippen LogP contribution is -2.25. The number of hydrogen-bond acceptors (Lipinski definition) is 4. The second-order valence-electron chi connectivity index (χ2n) is 4.39. The summed E-state index contributed by atoms with van der Waals surface area (Å²) in [5.74, 6) is 1.21. The highest BCUT2D eigenvalue weighted by molar-refractivity contribution is 5.31. The average molecular weight is 247 g/mol. The first-order valence-electron chi connectivity index (χ1n) is 5.87. The molecule has 0 bridgehead atoms. The predicted molar refractivity (Wildman–Crippen MR) is 69.4 cm³/mol. The molecule has 0 fully saturated rings. The van der Waals surface area contributed by atoms with E-state index < -0.39 is 0 Å². The van der Waals surface area contributed by atoms with Gasteiger partial charge < -0.3 is 14.5 Å². The van der Waals surface area contributed by atoms with Gasteiger partial charge >= 0.3 is 0 Å². The summed E-state index contributed by atoms with van der Waals surface area (Å²) >= 11 is 0. The lowest BCUT2D eigenvalue weighted by Gasteiger charge is -2.11. The molecule has 0 aliphatic rings. The normalized spacial score (nSPS) is 10.9. The molecule has 0 aromatic carbocycles. The van der Waals surface area contributed by atoms with Crippen LogP contribution in [0.1, 0.15) is 25.7 Å². The Kier molecular flexibility index (Phi) is 3.45. The van der Waals surface area contributed by atoms with Crippen molar-refractivity contribution in [3.63, 3.8) is 0 Å². The largest absolute Gasteiger partial charge is 0.358 e. The molecule has 0 atom stereocenters. The molecule has 1 N–H and O–H groups in total. The van der Waals surface area contributed by atoms with Crippen molar-refractivity contribution in [2.24, 2.45) is 7.05 Å². The van der Waals surface area contributed by atoms with E-state index in [1.54, 1.807) is 23.2 Å². The fraction of sp³-hybridized carbons (Fsp3) is 0.417. The second-order valence-corrected chi connectivity index (χ2v) is 4.39. The molecule has 2 aromatic rings. The zero-order valence-electron chi connectivity index (χ0n) is 10.8. The Morgan fingerprint density at radius 1 is 1.28 bits per heavy atom. The monoisotopic (exact) mass is 247 g/mol. The molecule has 96 valence electrons. The Labute approximate surface area is 105 Å². The van der Waals surface area contributed by atoms with Crippen LogP contribution >= 0.6 is 0 Å². The van der Waals surface area contributed by atoms with Gasteiger partial charge in [-0.25, -0.2) is 9.97 Å². The number of anilines is 1. The van der Waals surface area contributed by atoms with Gasteiger partial charge in [0.1, 0.15) is 5.82 Å². The molecule has 0 saturated heterocycles. The number of aryl methyl sites for hydroxylation is 1. The molecule has 0 aliphatic heterocycles. The Balaban J connectivity index is 2.18. The lowest BCUT2D eigenvalue weighted by molar-refractivity contribution is 0.575.